The maximum atomic E-state index is 12.1. The minimum atomic E-state index is 0.222. The molecule has 88 valence electrons. The molecule has 3 nitrogen and oxygen atoms in total. The third kappa shape index (κ3) is 1.50. The first-order valence-electron chi connectivity index (χ1n) is 5.98. The summed E-state index contributed by atoms with van der Waals surface area (Å²) in [6, 6.07) is 10.6. The Morgan fingerprint density at radius 3 is 2.82 bits per heavy atom. The molecular weight excluding hydrogens is 212 g/mol. The highest BCUT2D eigenvalue weighted by atomic mass is 16.2. The van der Waals surface area contributed by atoms with Crippen molar-refractivity contribution >= 4 is 16.8 Å². The molecule has 2 aromatic rings. The molecular formula is C14H16N2O. The molecule has 1 aliphatic rings. The third-order valence-electron chi connectivity index (χ3n) is 3.59. The molecule has 1 unspecified atom stereocenters. The molecule has 1 aromatic heterocycles. The van der Waals surface area contributed by atoms with Crippen LogP contribution in [0.2, 0.25) is 0 Å². The van der Waals surface area contributed by atoms with Gasteiger partial charge in [0.15, 0.2) is 0 Å². The molecule has 2 heterocycles. The van der Waals surface area contributed by atoms with Gasteiger partial charge in [-0.1, -0.05) is 18.2 Å². The summed E-state index contributed by atoms with van der Waals surface area (Å²) >= 11 is 0. The fraction of sp³-hybridized carbons (Fsp3) is 0.357. The number of benzene rings is 1. The molecule has 0 bridgehead atoms. The van der Waals surface area contributed by atoms with Crippen molar-refractivity contribution < 1.29 is 4.79 Å². The predicted molar refractivity (Wildman–Crippen MR) is 68.2 cm³/mol. The van der Waals surface area contributed by atoms with E-state index in [2.05, 4.69) is 31.1 Å². The van der Waals surface area contributed by atoms with Crippen molar-refractivity contribution in [1.29, 1.82) is 0 Å². The van der Waals surface area contributed by atoms with E-state index < -0.39 is 0 Å². The summed E-state index contributed by atoms with van der Waals surface area (Å²) < 4.78 is 1.89. The summed E-state index contributed by atoms with van der Waals surface area (Å²) in [5, 5.41) is 1.16. The van der Waals surface area contributed by atoms with Crippen LogP contribution in [0.3, 0.4) is 0 Å². The Morgan fingerprint density at radius 2 is 2.06 bits per heavy atom. The number of carbonyl (C=O) groups excluding carboxylic acids is 1. The summed E-state index contributed by atoms with van der Waals surface area (Å²) in [6.45, 7) is 0. The van der Waals surface area contributed by atoms with Crippen LogP contribution in [-0.2, 0) is 0 Å². The Kier molecular flexibility index (Phi) is 2.30. The third-order valence-corrected chi connectivity index (χ3v) is 3.59. The van der Waals surface area contributed by atoms with Gasteiger partial charge < -0.3 is 4.90 Å². The normalized spacial score (nSPS) is 19.9. The lowest BCUT2D eigenvalue weighted by molar-refractivity contribution is 0.0853. The van der Waals surface area contributed by atoms with Crippen LogP contribution in [0.1, 0.15) is 29.4 Å². The molecule has 0 radical (unpaired) electrons. The molecule has 0 aliphatic carbocycles. The van der Waals surface area contributed by atoms with Crippen LogP contribution in [0.4, 0.5) is 0 Å². The number of fused-ring (bicyclic) bond motifs is 3. The average Bonchev–Trinajstić information content (AvgIpc) is 2.68. The quantitative estimate of drug-likeness (QED) is 0.749. The van der Waals surface area contributed by atoms with Crippen molar-refractivity contribution in [3.63, 3.8) is 0 Å². The van der Waals surface area contributed by atoms with Crippen LogP contribution >= 0.6 is 0 Å². The van der Waals surface area contributed by atoms with Gasteiger partial charge in [-0.2, -0.15) is 0 Å². The monoisotopic (exact) mass is 228 g/mol. The minimum absolute atomic E-state index is 0.222. The molecule has 0 saturated heterocycles. The van der Waals surface area contributed by atoms with Crippen LogP contribution in [0, 0.1) is 0 Å². The lowest BCUT2D eigenvalue weighted by Crippen LogP contribution is -2.30. The fourth-order valence-corrected chi connectivity index (χ4v) is 2.74. The van der Waals surface area contributed by atoms with Crippen LogP contribution in [-0.4, -0.2) is 29.5 Å². The molecule has 0 saturated carbocycles. The highest BCUT2D eigenvalue weighted by Gasteiger charge is 2.28. The molecule has 1 atom stereocenters. The summed E-state index contributed by atoms with van der Waals surface area (Å²) in [6.07, 6.45) is 1.55. The molecule has 0 N–H and O–H groups in total. The van der Waals surface area contributed by atoms with Gasteiger partial charge in [0.2, 0.25) is 5.91 Å². The van der Waals surface area contributed by atoms with Crippen LogP contribution < -0.4 is 0 Å². The van der Waals surface area contributed by atoms with Gasteiger partial charge in [0, 0.05) is 17.5 Å². The standard InChI is InChI=1S/C14H16N2O/c1-15(2)12-7-8-14(17)16-11-6-4-3-5-10(11)9-13(12)16/h3-6,9,12H,7-8H2,1-2H3. The van der Waals surface area contributed by atoms with E-state index in [1.54, 1.807) is 0 Å². The van der Waals surface area contributed by atoms with E-state index in [4.69, 9.17) is 0 Å². The van der Waals surface area contributed by atoms with Crippen LogP contribution in [0.25, 0.3) is 10.9 Å². The van der Waals surface area contributed by atoms with Crippen molar-refractivity contribution in [2.75, 3.05) is 14.1 Å². The zero-order valence-corrected chi connectivity index (χ0v) is 10.2. The summed E-state index contributed by atoms with van der Waals surface area (Å²) in [5.41, 5.74) is 2.17. The lowest BCUT2D eigenvalue weighted by Gasteiger charge is -2.29. The smallest absolute Gasteiger partial charge is 0.231 e. The van der Waals surface area contributed by atoms with E-state index in [1.165, 1.54) is 0 Å². The minimum Gasteiger partial charge on any atom is -0.301 e. The average molecular weight is 228 g/mol. The molecule has 0 amide bonds. The molecule has 3 heteroatoms. The second-order valence-corrected chi connectivity index (χ2v) is 4.88. The Hall–Kier alpha value is -1.61. The van der Waals surface area contributed by atoms with E-state index in [1.807, 2.05) is 22.8 Å². The Bertz CT molecular complexity index is 583. The predicted octanol–water partition coefficient (Wildman–Crippen LogP) is 2.68. The Labute approximate surface area is 101 Å². The molecule has 0 spiro atoms. The van der Waals surface area contributed by atoms with E-state index in [0.717, 1.165) is 23.0 Å². The summed E-state index contributed by atoms with van der Waals surface area (Å²) in [7, 11) is 4.14. The molecule has 1 aliphatic heterocycles. The van der Waals surface area contributed by atoms with E-state index in [9.17, 15) is 4.79 Å². The number of nitrogens with zero attached hydrogens (tertiary/aromatic N) is 2. The number of aromatic nitrogens is 1. The van der Waals surface area contributed by atoms with E-state index in [-0.39, 0.29) is 5.91 Å². The maximum absolute atomic E-state index is 12.1. The van der Waals surface area contributed by atoms with Crippen molar-refractivity contribution in [3.05, 3.63) is 36.0 Å². The lowest BCUT2D eigenvalue weighted by atomic mass is 10.0. The van der Waals surface area contributed by atoms with Crippen molar-refractivity contribution in [3.8, 4) is 0 Å². The van der Waals surface area contributed by atoms with E-state index >= 15 is 0 Å². The van der Waals surface area contributed by atoms with Crippen molar-refractivity contribution in [2.45, 2.75) is 18.9 Å². The molecule has 17 heavy (non-hydrogen) atoms. The highest BCUT2D eigenvalue weighted by Crippen LogP contribution is 2.33. The van der Waals surface area contributed by atoms with Crippen molar-refractivity contribution in [1.82, 2.24) is 9.47 Å². The SMILES string of the molecule is CN(C)C1CCC(=O)n2c1cc1ccccc12. The maximum Gasteiger partial charge on any atom is 0.231 e. The second kappa shape index (κ2) is 3.70. The van der Waals surface area contributed by atoms with Gasteiger partial charge >= 0.3 is 0 Å². The first-order valence-corrected chi connectivity index (χ1v) is 5.98. The molecule has 0 fully saturated rings. The number of carbonyl (C=O) groups is 1. The summed E-state index contributed by atoms with van der Waals surface area (Å²) in [4.78, 5) is 14.3. The fourth-order valence-electron chi connectivity index (χ4n) is 2.74. The number of rotatable bonds is 1. The zero-order chi connectivity index (χ0) is 12.0. The highest BCUT2D eigenvalue weighted by molar-refractivity contribution is 5.94. The number of hydrogen-bond acceptors (Lipinski definition) is 2. The topological polar surface area (TPSA) is 25.2 Å². The van der Waals surface area contributed by atoms with Gasteiger partial charge in [-0.05, 0) is 32.6 Å². The first kappa shape index (κ1) is 10.5. The van der Waals surface area contributed by atoms with Gasteiger partial charge in [-0.15, -0.1) is 0 Å². The Morgan fingerprint density at radius 1 is 1.29 bits per heavy atom. The number of hydrogen-bond donors (Lipinski definition) is 0. The van der Waals surface area contributed by atoms with Crippen molar-refractivity contribution in [2.24, 2.45) is 0 Å². The van der Waals surface area contributed by atoms with Gasteiger partial charge in [0.1, 0.15) is 0 Å². The van der Waals surface area contributed by atoms with Gasteiger partial charge in [0.05, 0.1) is 11.6 Å². The van der Waals surface area contributed by atoms with Crippen LogP contribution in [0.15, 0.2) is 30.3 Å². The van der Waals surface area contributed by atoms with Gasteiger partial charge in [-0.3, -0.25) is 9.36 Å². The summed E-state index contributed by atoms with van der Waals surface area (Å²) in [5.74, 6) is 0.222. The number of para-hydroxylation sites is 1. The first-order chi connectivity index (χ1) is 8.18. The Balaban J connectivity index is 2.28. The largest absolute Gasteiger partial charge is 0.301 e. The van der Waals surface area contributed by atoms with E-state index in [0.29, 0.717) is 12.5 Å². The van der Waals surface area contributed by atoms with Crippen LogP contribution in [0.5, 0.6) is 0 Å². The zero-order valence-electron chi connectivity index (χ0n) is 10.2. The van der Waals surface area contributed by atoms with Gasteiger partial charge in [0.25, 0.3) is 0 Å². The van der Waals surface area contributed by atoms with Gasteiger partial charge in [-0.25, -0.2) is 0 Å². The molecule has 3 rings (SSSR count). The second-order valence-electron chi connectivity index (χ2n) is 4.88. The molecule has 1 aromatic carbocycles.